The molecular weight excluding hydrogens is 190 g/mol. The lowest BCUT2D eigenvalue weighted by Gasteiger charge is -2.11. The first-order valence-corrected chi connectivity index (χ1v) is 4.70. The molecule has 1 aliphatic rings. The Balaban J connectivity index is 2.53. The number of H-pyrrole nitrogens is 1. The third-order valence-corrected chi connectivity index (χ3v) is 2.81. The van der Waals surface area contributed by atoms with Gasteiger partial charge in [0.25, 0.3) is 0 Å². The molecule has 1 aromatic rings. The summed E-state index contributed by atoms with van der Waals surface area (Å²) >= 11 is 5.89. The number of aromatic carboxylic acids is 1. The van der Waals surface area contributed by atoms with Crippen LogP contribution >= 0.6 is 11.6 Å². The molecule has 0 spiro atoms. The molecule has 0 atom stereocenters. The summed E-state index contributed by atoms with van der Waals surface area (Å²) < 4.78 is 0. The number of hydrogen-bond donors (Lipinski definition) is 2. The van der Waals surface area contributed by atoms with Crippen molar-refractivity contribution in [3.63, 3.8) is 0 Å². The highest BCUT2D eigenvalue weighted by Crippen LogP contribution is 2.30. The van der Waals surface area contributed by atoms with Crippen molar-refractivity contribution < 1.29 is 9.90 Å². The van der Waals surface area contributed by atoms with E-state index in [9.17, 15) is 4.79 Å². The lowest BCUT2D eigenvalue weighted by Crippen LogP contribution is -2.06. The Morgan fingerprint density at radius 3 is 2.54 bits per heavy atom. The summed E-state index contributed by atoms with van der Waals surface area (Å²) in [5.74, 6) is -0.912. The number of aromatic nitrogens is 1. The number of hydrogen-bond acceptors (Lipinski definition) is 1. The summed E-state index contributed by atoms with van der Waals surface area (Å²) in [5.41, 5.74) is 2.19. The topological polar surface area (TPSA) is 53.1 Å². The Kier molecular flexibility index (Phi) is 2.04. The van der Waals surface area contributed by atoms with E-state index in [1.165, 1.54) is 0 Å². The Morgan fingerprint density at radius 1 is 1.31 bits per heavy atom. The van der Waals surface area contributed by atoms with E-state index in [-0.39, 0.29) is 5.69 Å². The van der Waals surface area contributed by atoms with Gasteiger partial charge in [0.2, 0.25) is 0 Å². The summed E-state index contributed by atoms with van der Waals surface area (Å²) in [5, 5.41) is 9.37. The summed E-state index contributed by atoms with van der Waals surface area (Å²) in [6, 6.07) is 0. The molecule has 0 bridgehead atoms. The molecule has 0 fully saturated rings. The lowest BCUT2D eigenvalue weighted by atomic mass is 9.94. The fraction of sp³-hybridized carbons (Fsp3) is 0.444. The second-order valence-corrected chi connectivity index (χ2v) is 3.66. The molecule has 0 unspecified atom stereocenters. The van der Waals surface area contributed by atoms with Crippen LogP contribution in [0.25, 0.3) is 0 Å². The van der Waals surface area contributed by atoms with E-state index < -0.39 is 5.97 Å². The van der Waals surface area contributed by atoms with Crippen LogP contribution < -0.4 is 0 Å². The molecule has 1 aliphatic carbocycles. The summed E-state index contributed by atoms with van der Waals surface area (Å²) in [4.78, 5) is 13.5. The predicted octanol–water partition coefficient (Wildman–Crippen LogP) is 2.25. The van der Waals surface area contributed by atoms with Crippen LogP contribution in [-0.4, -0.2) is 16.1 Å². The van der Waals surface area contributed by atoms with E-state index in [1.54, 1.807) is 0 Å². The number of carboxylic acid groups (broad SMARTS) is 1. The Morgan fingerprint density at radius 2 is 1.92 bits per heavy atom. The van der Waals surface area contributed by atoms with Crippen molar-refractivity contribution in [2.24, 2.45) is 0 Å². The molecule has 0 saturated heterocycles. The molecule has 0 saturated carbocycles. The first-order chi connectivity index (χ1) is 6.20. The van der Waals surface area contributed by atoms with Gasteiger partial charge < -0.3 is 10.1 Å². The van der Waals surface area contributed by atoms with Crippen LogP contribution in [0, 0.1) is 0 Å². The molecule has 0 aromatic carbocycles. The van der Waals surface area contributed by atoms with E-state index in [1.807, 2.05) is 0 Å². The monoisotopic (exact) mass is 199 g/mol. The maximum atomic E-state index is 10.8. The van der Waals surface area contributed by atoms with Crippen LogP contribution in [-0.2, 0) is 12.8 Å². The summed E-state index contributed by atoms with van der Waals surface area (Å²) in [7, 11) is 0. The molecular formula is C9H10ClNO2. The standard InChI is InChI=1S/C9H10ClNO2/c10-8-6-4-2-1-3-5(6)7(11-8)9(12)13/h11H,1-4H2,(H,12,13). The van der Waals surface area contributed by atoms with Gasteiger partial charge in [0.1, 0.15) is 10.8 Å². The molecule has 0 radical (unpaired) electrons. The van der Waals surface area contributed by atoms with Crippen LogP contribution in [0.1, 0.15) is 34.5 Å². The van der Waals surface area contributed by atoms with Gasteiger partial charge in [-0.2, -0.15) is 0 Å². The van der Waals surface area contributed by atoms with E-state index in [2.05, 4.69) is 4.98 Å². The minimum absolute atomic E-state index is 0.278. The number of carbonyl (C=O) groups is 1. The van der Waals surface area contributed by atoms with Crippen molar-refractivity contribution in [3.8, 4) is 0 Å². The van der Waals surface area contributed by atoms with Crippen molar-refractivity contribution >= 4 is 17.6 Å². The van der Waals surface area contributed by atoms with E-state index in [0.717, 1.165) is 36.8 Å². The SMILES string of the molecule is O=C(O)c1[nH]c(Cl)c2c1CCCC2. The molecule has 1 aromatic heterocycles. The molecule has 1 heterocycles. The van der Waals surface area contributed by atoms with Crippen LogP contribution in [0.5, 0.6) is 0 Å². The fourth-order valence-corrected chi connectivity index (χ4v) is 2.17. The van der Waals surface area contributed by atoms with Crippen molar-refractivity contribution in [2.75, 3.05) is 0 Å². The maximum Gasteiger partial charge on any atom is 0.352 e. The third kappa shape index (κ3) is 1.33. The molecule has 70 valence electrons. The predicted molar refractivity (Wildman–Crippen MR) is 49.4 cm³/mol. The largest absolute Gasteiger partial charge is 0.477 e. The Hall–Kier alpha value is -0.960. The van der Waals surface area contributed by atoms with Gasteiger partial charge in [-0.3, -0.25) is 0 Å². The highest BCUT2D eigenvalue weighted by Gasteiger charge is 2.22. The van der Waals surface area contributed by atoms with Crippen molar-refractivity contribution in [3.05, 3.63) is 22.0 Å². The van der Waals surface area contributed by atoms with Gasteiger partial charge in [-0.05, 0) is 36.8 Å². The van der Waals surface area contributed by atoms with Crippen molar-refractivity contribution in [1.29, 1.82) is 0 Å². The van der Waals surface area contributed by atoms with Gasteiger partial charge in [-0.25, -0.2) is 4.79 Å². The van der Waals surface area contributed by atoms with Crippen LogP contribution in [0.2, 0.25) is 5.15 Å². The molecule has 13 heavy (non-hydrogen) atoms. The summed E-state index contributed by atoms with van der Waals surface area (Å²) in [6.45, 7) is 0. The zero-order valence-electron chi connectivity index (χ0n) is 7.06. The first-order valence-electron chi connectivity index (χ1n) is 4.32. The second-order valence-electron chi connectivity index (χ2n) is 3.28. The van der Waals surface area contributed by atoms with Crippen LogP contribution in [0.4, 0.5) is 0 Å². The van der Waals surface area contributed by atoms with Gasteiger partial charge in [-0.1, -0.05) is 11.6 Å². The van der Waals surface area contributed by atoms with Gasteiger partial charge in [0, 0.05) is 0 Å². The number of carboxylic acids is 1. The quantitative estimate of drug-likeness (QED) is 0.729. The average Bonchev–Trinajstić information content (AvgIpc) is 2.45. The van der Waals surface area contributed by atoms with Crippen LogP contribution in [0.3, 0.4) is 0 Å². The van der Waals surface area contributed by atoms with Gasteiger partial charge in [-0.15, -0.1) is 0 Å². The Labute approximate surface area is 80.7 Å². The minimum Gasteiger partial charge on any atom is -0.477 e. The zero-order valence-corrected chi connectivity index (χ0v) is 7.82. The maximum absolute atomic E-state index is 10.8. The molecule has 0 amide bonds. The molecule has 0 aliphatic heterocycles. The van der Waals surface area contributed by atoms with E-state index in [4.69, 9.17) is 16.7 Å². The van der Waals surface area contributed by atoms with Crippen molar-refractivity contribution in [1.82, 2.24) is 4.98 Å². The number of nitrogens with one attached hydrogen (secondary N) is 1. The Bertz CT molecular complexity index is 357. The van der Waals surface area contributed by atoms with Crippen molar-refractivity contribution in [2.45, 2.75) is 25.7 Å². The number of rotatable bonds is 1. The summed E-state index contributed by atoms with van der Waals surface area (Å²) in [6.07, 6.45) is 3.89. The number of fused-ring (bicyclic) bond motifs is 1. The normalized spacial score (nSPS) is 15.5. The van der Waals surface area contributed by atoms with E-state index >= 15 is 0 Å². The zero-order chi connectivity index (χ0) is 9.42. The van der Waals surface area contributed by atoms with Gasteiger partial charge in [0.05, 0.1) is 0 Å². The first kappa shape index (κ1) is 8.63. The smallest absolute Gasteiger partial charge is 0.352 e. The number of aromatic amines is 1. The molecule has 2 N–H and O–H groups in total. The lowest BCUT2D eigenvalue weighted by molar-refractivity contribution is 0.0690. The molecule has 2 rings (SSSR count). The number of halogens is 1. The average molecular weight is 200 g/mol. The van der Waals surface area contributed by atoms with Gasteiger partial charge >= 0.3 is 5.97 Å². The van der Waals surface area contributed by atoms with Gasteiger partial charge in [0.15, 0.2) is 0 Å². The second kappa shape index (κ2) is 3.07. The molecule has 4 heteroatoms. The molecule has 3 nitrogen and oxygen atoms in total. The fourth-order valence-electron chi connectivity index (χ4n) is 1.87. The van der Waals surface area contributed by atoms with E-state index in [0.29, 0.717) is 5.15 Å². The highest BCUT2D eigenvalue weighted by atomic mass is 35.5. The van der Waals surface area contributed by atoms with Crippen LogP contribution in [0.15, 0.2) is 0 Å². The minimum atomic E-state index is -0.912. The highest BCUT2D eigenvalue weighted by molar-refractivity contribution is 6.30. The third-order valence-electron chi connectivity index (χ3n) is 2.48.